The first-order valence-corrected chi connectivity index (χ1v) is 7.58. The van der Waals surface area contributed by atoms with E-state index in [9.17, 15) is 0 Å². The summed E-state index contributed by atoms with van der Waals surface area (Å²) in [5, 5.41) is 0. The largest absolute Gasteiger partial charge is 0.326 e. The zero-order valence-electron chi connectivity index (χ0n) is 13.1. The van der Waals surface area contributed by atoms with Gasteiger partial charge >= 0.3 is 0 Å². The van der Waals surface area contributed by atoms with Crippen molar-refractivity contribution in [2.24, 2.45) is 0 Å². The van der Waals surface area contributed by atoms with Crippen LogP contribution in [0, 0.1) is 6.92 Å². The minimum atomic E-state index is 0.0690. The Morgan fingerprint density at radius 1 is 1.30 bits per heavy atom. The van der Waals surface area contributed by atoms with Gasteiger partial charge in [-0.2, -0.15) is 0 Å². The lowest BCUT2D eigenvalue weighted by atomic mass is 10.0. The fraction of sp³-hybridized carbons (Fsp3) is 0.562. The van der Waals surface area contributed by atoms with Crippen LogP contribution in [-0.4, -0.2) is 40.0 Å². The van der Waals surface area contributed by atoms with Crippen molar-refractivity contribution in [2.75, 3.05) is 20.0 Å². The van der Waals surface area contributed by atoms with E-state index in [0.717, 1.165) is 24.3 Å². The summed E-state index contributed by atoms with van der Waals surface area (Å²) in [4.78, 5) is 7.01. The molecule has 110 valence electrons. The van der Waals surface area contributed by atoms with Crippen LogP contribution in [0.15, 0.2) is 18.2 Å². The minimum Gasteiger partial charge on any atom is -0.326 e. The number of hydrogen-bond donors (Lipinski definition) is 0. The van der Waals surface area contributed by atoms with Gasteiger partial charge in [-0.05, 0) is 52.6 Å². The smallest absolute Gasteiger partial charge is 0.111 e. The number of nitrogens with zero attached hydrogens (tertiary/aromatic N) is 3. The molecule has 0 radical (unpaired) electrons. The average molecular weight is 294 g/mol. The van der Waals surface area contributed by atoms with Crippen LogP contribution in [0.3, 0.4) is 0 Å². The molecule has 20 heavy (non-hydrogen) atoms. The molecule has 2 aromatic rings. The van der Waals surface area contributed by atoms with Gasteiger partial charge in [0.25, 0.3) is 0 Å². The molecule has 0 unspecified atom stereocenters. The molecule has 0 saturated heterocycles. The molecule has 0 saturated carbocycles. The Balaban J connectivity index is 2.51. The molecule has 0 spiro atoms. The summed E-state index contributed by atoms with van der Waals surface area (Å²) in [6.07, 6.45) is 0.804. The van der Waals surface area contributed by atoms with Gasteiger partial charge in [0.15, 0.2) is 0 Å². The van der Waals surface area contributed by atoms with Crippen molar-refractivity contribution in [1.29, 1.82) is 0 Å². The van der Waals surface area contributed by atoms with Gasteiger partial charge in [0.2, 0.25) is 0 Å². The van der Waals surface area contributed by atoms with Crippen LogP contribution in [0.1, 0.15) is 25.2 Å². The highest BCUT2D eigenvalue weighted by Crippen LogP contribution is 2.23. The fourth-order valence-electron chi connectivity index (χ4n) is 2.27. The van der Waals surface area contributed by atoms with Crippen molar-refractivity contribution in [3.05, 3.63) is 29.6 Å². The fourth-order valence-corrected chi connectivity index (χ4v) is 2.44. The Bertz CT molecular complexity index is 599. The molecule has 0 aliphatic carbocycles. The predicted octanol–water partition coefficient (Wildman–Crippen LogP) is 3.47. The van der Waals surface area contributed by atoms with Gasteiger partial charge in [0.05, 0.1) is 11.0 Å². The quantitative estimate of drug-likeness (QED) is 0.787. The highest BCUT2D eigenvalue weighted by molar-refractivity contribution is 6.17. The molecule has 0 fully saturated rings. The molecular formula is C16H24ClN3. The SMILES string of the molecule is Cc1ccc2c(c1)nc(CCCl)n2CC(C)(C)N(C)C. The highest BCUT2D eigenvalue weighted by Gasteiger charge is 2.23. The first kappa shape index (κ1) is 15.3. The van der Waals surface area contributed by atoms with E-state index in [4.69, 9.17) is 16.6 Å². The Morgan fingerprint density at radius 2 is 2.00 bits per heavy atom. The molecule has 3 nitrogen and oxygen atoms in total. The Kier molecular flexibility index (Phi) is 4.40. The summed E-state index contributed by atoms with van der Waals surface area (Å²) < 4.78 is 2.32. The number of aryl methyl sites for hydroxylation is 2. The number of hydrogen-bond acceptors (Lipinski definition) is 2. The molecule has 0 atom stereocenters. The number of fused-ring (bicyclic) bond motifs is 1. The second-order valence-electron chi connectivity index (χ2n) is 6.25. The number of likely N-dealkylation sites (N-methyl/N-ethyl adjacent to an activating group) is 1. The first-order chi connectivity index (χ1) is 9.35. The number of alkyl halides is 1. The molecule has 0 bridgehead atoms. The van der Waals surface area contributed by atoms with Crippen LogP contribution >= 0.6 is 11.6 Å². The van der Waals surface area contributed by atoms with Gasteiger partial charge < -0.3 is 9.47 Å². The summed E-state index contributed by atoms with van der Waals surface area (Å²) >= 11 is 5.94. The van der Waals surface area contributed by atoms with Crippen LogP contribution in [0.2, 0.25) is 0 Å². The maximum Gasteiger partial charge on any atom is 0.111 e. The van der Waals surface area contributed by atoms with E-state index in [1.807, 2.05) is 0 Å². The van der Waals surface area contributed by atoms with Crippen LogP contribution in [-0.2, 0) is 13.0 Å². The van der Waals surface area contributed by atoms with Crippen molar-refractivity contribution in [1.82, 2.24) is 14.5 Å². The van der Waals surface area contributed by atoms with Gasteiger partial charge in [0, 0.05) is 24.4 Å². The molecule has 0 amide bonds. The lowest BCUT2D eigenvalue weighted by Crippen LogP contribution is -2.42. The molecular weight excluding hydrogens is 270 g/mol. The summed E-state index contributed by atoms with van der Waals surface area (Å²) in [5.74, 6) is 1.68. The number of benzene rings is 1. The van der Waals surface area contributed by atoms with Crippen molar-refractivity contribution in [3.8, 4) is 0 Å². The zero-order chi connectivity index (χ0) is 14.9. The molecule has 1 aromatic carbocycles. The standard InChI is InChI=1S/C16H24ClN3/c1-12-6-7-14-13(10-12)18-15(8-9-17)20(14)11-16(2,3)19(4)5/h6-7,10H,8-9,11H2,1-5H3. The van der Waals surface area contributed by atoms with Gasteiger partial charge in [-0.1, -0.05) is 6.07 Å². The Labute approximate surface area is 126 Å². The van der Waals surface area contributed by atoms with Crippen molar-refractivity contribution < 1.29 is 0 Å². The van der Waals surface area contributed by atoms with E-state index in [-0.39, 0.29) is 5.54 Å². The predicted molar refractivity (Wildman–Crippen MR) is 86.7 cm³/mol. The summed E-state index contributed by atoms with van der Waals surface area (Å²) in [6, 6.07) is 6.46. The van der Waals surface area contributed by atoms with Crippen molar-refractivity contribution in [3.63, 3.8) is 0 Å². The van der Waals surface area contributed by atoms with E-state index in [1.165, 1.54) is 11.1 Å². The molecule has 0 aliphatic rings. The third-order valence-electron chi connectivity index (χ3n) is 4.06. The second-order valence-corrected chi connectivity index (χ2v) is 6.63. The normalized spacial score (nSPS) is 12.6. The van der Waals surface area contributed by atoms with E-state index in [2.05, 4.69) is 62.5 Å². The first-order valence-electron chi connectivity index (χ1n) is 7.04. The molecule has 2 rings (SSSR count). The Morgan fingerprint density at radius 3 is 2.60 bits per heavy atom. The van der Waals surface area contributed by atoms with Gasteiger partial charge in [0.1, 0.15) is 5.82 Å². The number of imidazole rings is 1. The van der Waals surface area contributed by atoms with Gasteiger partial charge in [-0.15, -0.1) is 11.6 Å². The zero-order valence-corrected chi connectivity index (χ0v) is 13.8. The number of aromatic nitrogens is 2. The number of halogens is 1. The average Bonchev–Trinajstić information content (AvgIpc) is 2.66. The molecule has 4 heteroatoms. The maximum atomic E-state index is 5.94. The van der Waals surface area contributed by atoms with Crippen LogP contribution in [0.4, 0.5) is 0 Å². The lowest BCUT2D eigenvalue weighted by Gasteiger charge is -2.33. The van der Waals surface area contributed by atoms with Gasteiger partial charge in [-0.3, -0.25) is 0 Å². The second kappa shape index (κ2) is 5.74. The van der Waals surface area contributed by atoms with E-state index >= 15 is 0 Å². The Hall–Kier alpha value is -1.06. The summed E-state index contributed by atoms with van der Waals surface area (Å²) in [7, 11) is 4.23. The molecule has 0 N–H and O–H groups in total. The lowest BCUT2D eigenvalue weighted by molar-refractivity contribution is 0.170. The molecule has 0 aliphatic heterocycles. The van der Waals surface area contributed by atoms with E-state index in [0.29, 0.717) is 5.88 Å². The van der Waals surface area contributed by atoms with E-state index in [1.54, 1.807) is 0 Å². The van der Waals surface area contributed by atoms with Crippen molar-refractivity contribution in [2.45, 2.75) is 39.3 Å². The number of rotatable bonds is 5. The molecule has 1 aromatic heterocycles. The van der Waals surface area contributed by atoms with Crippen LogP contribution in [0.25, 0.3) is 11.0 Å². The van der Waals surface area contributed by atoms with Crippen LogP contribution < -0.4 is 0 Å². The molecule has 1 heterocycles. The third kappa shape index (κ3) is 2.99. The monoisotopic (exact) mass is 293 g/mol. The third-order valence-corrected chi connectivity index (χ3v) is 4.25. The van der Waals surface area contributed by atoms with E-state index < -0.39 is 0 Å². The maximum absolute atomic E-state index is 5.94. The summed E-state index contributed by atoms with van der Waals surface area (Å²) in [6.45, 7) is 7.50. The van der Waals surface area contributed by atoms with Gasteiger partial charge in [-0.25, -0.2) is 4.98 Å². The topological polar surface area (TPSA) is 21.1 Å². The minimum absolute atomic E-state index is 0.0690. The van der Waals surface area contributed by atoms with Crippen molar-refractivity contribution >= 4 is 22.6 Å². The summed E-state index contributed by atoms with van der Waals surface area (Å²) in [5.41, 5.74) is 3.58. The van der Waals surface area contributed by atoms with Crippen LogP contribution in [0.5, 0.6) is 0 Å². The highest BCUT2D eigenvalue weighted by atomic mass is 35.5.